The van der Waals surface area contributed by atoms with Crippen LogP contribution in [0.4, 0.5) is 0 Å². The Morgan fingerprint density at radius 1 is 0.967 bits per heavy atom. The normalized spacial score (nSPS) is 15.5. The highest BCUT2D eigenvalue weighted by Gasteiger charge is 2.21. The summed E-state index contributed by atoms with van der Waals surface area (Å²) in [7, 11) is 0. The van der Waals surface area contributed by atoms with Gasteiger partial charge in [0.25, 0.3) is 11.5 Å². The molecule has 4 aromatic rings. The zero-order chi connectivity index (χ0) is 20.5. The van der Waals surface area contributed by atoms with Gasteiger partial charge < -0.3 is 5.32 Å². The fourth-order valence-corrected chi connectivity index (χ4v) is 4.17. The van der Waals surface area contributed by atoms with Crippen molar-refractivity contribution in [2.75, 3.05) is 0 Å². The second-order valence-corrected chi connectivity index (χ2v) is 7.60. The van der Waals surface area contributed by atoms with E-state index in [2.05, 4.69) is 22.4 Å². The monoisotopic (exact) mass is 395 g/mol. The van der Waals surface area contributed by atoms with Crippen molar-refractivity contribution in [2.24, 2.45) is 0 Å². The number of aryl methyl sites for hydroxylation is 1. The number of amides is 1. The number of benzene rings is 3. The molecule has 5 rings (SSSR count). The van der Waals surface area contributed by atoms with Gasteiger partial charge in [0.15, 0.2) is 0 Å². The first-order chi connectivity index (χ1) is 14.7. The first-order valence-electron chi connectivity index (χ1n) is 10.2. The van der Waals surface area contributed by atoms with Crippen molar-refractivity contribution in [1.82, 2.24) is 14.9 Å². The van der Waals surface area contributed by atoms with E-state index in [4.69, 9.17) is 0 Å². The number of nitrogens with one attached hydrogen (secondary N) is 1. The summed E-state index contributed by atoms with van der Waals surface area (Å²) in [4.78, 5) is 29.9. The average Bonchev–Trinajstić information content (AvgIpc) is 2.80. The predicted molar refractivity (Wildman–Crippen MR) is 117 cm³/mol. The summed E-state index contributed by atoms with van der Waals surface area (Å²) in [5, 5.41) is 3.73. The second kappa shape index (κ2) is 7.59. The van der Waals surface area contributed by atoms with Crippen LogP contribution in [0, 0.1) is 0 Å². The van der Waals surface area contributed by atoms with Crippen molar-refractivity contribution in [3.8, 4) is 5.69 Å². The smallest absolute Gasteiger partial charge is 0.265 e. The zero-order valence-corrected chi connectivity index (χ0v) is 16.4. The number of para-hydroxylation sites is 1. The average molecular weight is 395 g/mol. The van der Waals surface area contributed by atoms with Crippen LogP contribution >= 0.6 is 0 Å². The molecule has 0 spiro atoms. The minimum absolute atomic E-state index is 0.0365. The molecule has 1 heterocycles. The highest BCUT2D eigenvalue weighted by atomic mass is 16.1. The Morgan fingerprint density at radius 3 is 2.60 bits per heavy atom. The van der Waals surface area contributed by atoms with Gasteiger partial charge in [-0.3, -0.25) is 14.2 Å². The maximum Gasteiger partial charge on any atom is 0.265 e. The van der Waals surface area contributed by atoms with Crippen molar-refractivity contribution in [1.29, 1.82) is 0 Å². The molecule has 0 unspecified atom stereocenters. The van der Waals surface area contributed by atoms with Crippen molar-refractivity contribution >= 4 is 16.8 Å². The number of rotatable bonds is 3. The molecule has 0 radical (unpaired) electrons. The van der Waals surface area contributed by atoms with Crippen LogP contribution in [0.5, 0.6) is 0 Å². The fraction of sp³-hybridized carbons (Fsp3) is 0.160. The van der Waals surface area contributed by atoms with Gasteiger partial charge in [0.2, 0.25) is 0 Å². The zero-order valence-electron chi connectivity index (χ0n) is 16.4. The highest BCUT2D eigenvalue weighted by Crippen LogP contribution is 2.29. The molecular formula is C25H21N3O2. The number of nitrogens with zero attached hydrogens (tertiary/aromatic N) is 2. The second-order valence-electron chi connectivity index (χ2n) is 7.60. The molecule has 0 saturated carbocycles. The molecule has 0 aliphatic heterocycles. The summed E-state index contributed by atoms with van der Waals surface area (Å²) in [5.41, 5.74) is 4.32. The summed E-state index contributed by atoms with van der Waals surface area (Å²) in [6, 6.07) is 22.7. The minimum Gasteiger partial charge on any atom is -0.345 e. The summed E-state index contributed by atoms with van der Waals surface area (Å²) >= 11 is 0. The lowest BCUT2D eigenvalue weighted by atomic mass is 9.87. The molecule has 1 aliphatic rings. The van der Waals surface area contributed by atoms with Crippen molar-refractivity contribution in [2.45, 2.75) is 25.3 Å². The Labute approximate surface area is 174 Å². The molecule has 0 saturated heterocycles. The molecular weight excluding hydrogens is 374 g/mol. The molecule has 1 amide bonds. The molecule has 148 valence electrons. The predicted octanol–water partition coefficient (Wildman–Crippen LogP) is 4.19. The van der Waals surface area contributed by atoms with Crippen LogP contribution in [0.15, 0.2) is 83.9 Å². The number of hydrogen-bond donors (Lipinski definition) is 1. The van der Waals surface area contributed by atoms with Crippen LogP contribution < -0.4 is 10.9 Å². The Balaban J connectivity index is 1.39. The number of carbonyl (C=O) groups is 1. The maximum absolute atomic E-state index is 12.8. The van der Waals surface area contributed by atoms with Crippen LogP contribution in [-0.4, -0.2) is 15.5 Å². The van der Waals surface area contributed by atoms with Crippen LogP contribution in [-0.2, 0) is 6.42 Å². The first-order valence-corrected chi connectivity index (χ1v) is 10.2. The fourth-order valence-electron chi connectivity index (χ4n) is 4.17. The number of carbonyl (C=O) groups excluding carboxylic acids is 1. The van der Waals surface area contributed by atoms with E-state index in [0.29, 0.717) is 22.2 Å². The SMILES string of the molecule is O=C(N[C@@H]1CCCc2ccccc21)c1ccc(-n2cnc3ccccc3c2=O)cc1. The van der Waals surface area contributed by atoms with E-state index in [-0.39, 0.29) is 17.5 Å². The Bertz CT molecular complexity index is 1290. The lowest BCUT2D eigenvalue weighted by Crippen LogP contribution is -2.31. The molecule has 1 aromatic heterocycles. The third-order valence-electron chi connectivity index (χ3n) is 5.75. The van der Waals surface area contributed by atoms with Crippen molar-refractivity contribution < 1.29 is 4.79 Å². The summed E-state index contributed by atoms with van der Waals surface area (Å²) in [6.45, 7) is 0. The quantitative estimate of drug-likeness (QED) is 0.566. The van der Waals surface area contributed by atoms with Gasteiger partial charge in [0, 0.05) is 5.56 Å². The minimum atomic E-state index is -0.128. The maximum atomic E-state index is 12.8. The van der Waals surface area contributed by atoms with E-state index in [1.165, 1.54) is 22.0 Å². The van der Waals surface area contributed by atoms with Crippen LogP contribution in [0.25, 0.3) is 16.6 Å². The molecule has 1 atom stereocenters. The van der Waals surface area contributed by atoms with E-state index in [0.717, 1.165) is 19.3 Å². The van der Waals surface area contributed by atoms with Gasteiger partial charge in [0.1, 0.15) is 6.33 Å². The van der Waals surface area contributed by atoms with E-state index >= 15 is 0 Å². The number of hydrogen-bond acceptors (Lipinski definition) is 3. The molecule has 1 N–H and O–H groups in total. The Hall–Kier alpha value is -3.73. The van der Waals surface area contributed by atoms with Gasteiger partial charge in [0.05, 0.1) is 22.6 Å². The summed E-state index contributed by atoms with van der Waals surface area (Å²) in [5.74, 6) is -0.104. The molecule has 5 heteroatoms. The van der Waals surface area contributed by atoms with Gasteiger partial charge in [-0.1, -0.05) is 36.4 Å². The van der Waals surface area contributed by atoms with Gasteiger partial charge in [-0.25, -0.2) is 4.98 Å². The Kier molecular flexibility index (Phi) is 4.64. The van der Waals surface area contributed by atoms with E-state index in [1.54, 1.807) is 30.3 Å². The molecule has 30 heavy (non-hydrogen) atoms. The summed E-state index contributed by atoms with van der Waals surface area (Å²) < 4.78 is 1.50. The lowest BCUT2D eigenvalue weighted by Gasteiger charge is -2.26. The van der Waals surface area contributed by atoms with Gasteiger partial charge in [-0.05, 0) is 66.8 Å². The Morgan fingerprint density at radius 2 is 1.73 bits per heavy atom. The third kappa shape index (κ3) is 3.28. The van der Waals surface area contributed by atoms with Gasteiger partial charge in [-0.15, -0.1) is 0 Å². The topological polar surface area (TPSA) is 64.0 Å². The van der Waals surface area contributed by atoms with Crippen molar-refractivity contribution in [3.63, 3.8) is 0 Å². The number of aromatic nitrogens is 2. The first kappa shape index (κ1) is 18.3. The van der Waals surface area contributed by atoms with Crippen LogP contribution in [0.1, 0.15) is 40.4 Å². The lowest BCUT2D eigenvalue weighted by molar-refractivity contribution is 0.0933. The van der Waals surface area contributed by atoms with Gasteiger partial charge in [-0.2, -0.15) is 0 Å². The summed E-state index contributed by atoms with van der Waals surface area (Å²) in [6.07, 6.45) is 4.60. The van der Waals surface area contributed by atoms with Gasteiger partial charge >= 0.3 is 0 Å². The van der Waals surface area contributed by atoms with Crippen LogP contribution in [0.2, 0.25) is 0 Å². The third-order valence-corrected chi connectivity index (χ3v) is 5.75. The molecule has 5 nitrogen and oxygen atoms in total. The molecule has 3 aromatic carbocycles. The number of fused-ring (bicyclic) bond motifs is 2. The van der Waals surface area contributed by atoms with Crippen LogP contribution in [0.3, 0.4) is 0 Å². The van der Waals surface area contributed by atoms with E-state index in [9.17, 15) is 9.59 Å². The standard InChI is InChI=1S/C25H21N3O2/c29-24(27-23-11-5-7-17-6-1-2-8-20(17)23)18-12-14-19(15-13-18)28-16-26-22-10-4-3-9-21(22)25(28)30/h1-4,6,8-10,12-16,23H,5,7,11H2,(H,27,29)/t23-/m1/s1. The van der Waals surface area contributed by atoms with E-state index in [1.807, 2.05) is 30.3 Å². The van der Waals surface area contributed by atoms with E-state index < -0.39 is 0 Å². The van der Waals surface area contributed by atoms with Crippen molar-refractivity contribution in [3.05, 3.63) is 106 Å². The highest BCUT2D eigenvalue weighted by molar-refractivity contribution is 5.94. The molecule has 1 aliphatic carbocycles. The molecule has 0 bridgehead atoms. The largest absolute Gasteiger partial charge is 0.345 e. The molecule has 0 fully saturated rings.